The lowest BCUT2D eigenvalue weighted by Gasteiger charge is -2.23. The molecule has 1 saturated heterocycles. The summed E-state index contributed by atoms with van der Waals surface area (Å²) in [6.45, 7) is 1.32. The van der Waals surface area contributed by atoms with Gasteiger partial charge in [0.05, 0.1) is 6.61 Å². The highest BCUT2D eigenvalue weighted by Crippen LogP contribution is 2.62. The van der Waals surface area contributed by atoms with E-state index < -0.39 is 10.9 Å². The van der Waals surface area contributed by atoms with Crippen LogP contribution < -0.4 is 9.47 Å². The fourth-order valence-electron chi connectivity index (χ4n) is 4.68. The van der Waals surface area contributed by atoms with E-state index in [4.69, 9.17) is 14.2 Å². The summed E-state index contributed by atoms with van der Waals surface area (Å²) in [4.78, 5) is 4.23. The summed E-state index contributed by atoms with van der Waals surface area (Å²) < 4.78 is 17.7. The summed E-state index contributed by atoms with van der Waals surface area (Å²) >= 11 is 0. The van der Waals surface area contributed by atoms with Crippen LogP contribution in [0.15, 0.2) is 112 Å². The molecule has 0 aromatic heterocycles. The quantitative estimate of drug-likeness (QED) is 0.260. The van der Waals surface area contributed by atoms with Crippen LogP contribution in [0.5, 0.6) is 11.5 Å². The SMILES string of the molecule is c1ccc2c(c1)-c1ccccc1[SH]2c1ccc(OCc2ccc(OC3CCCCO3)cc2)cc1. The number of hydrogen-bond acceptors (Lipinski definition) is 3. The van der Waals surface area contributed by atoms with Crippen molar-refractivity contribution in [3.8, 4) is 22.6 Å². The summed E-state index contributed by atoms with van der Waals surface area (Å²) in [7, 11) is -0.529. The molecule has 6 rings (SSSR count). The number of rotatable bonds is 6. The van der Waals surface area contributed by atoms with Gasteiger partial charge in [-0.1, -0.05) is 48.5 Å². The highest BCUT2D eigenvalue weighted by molar-refractivity contribution is 8.17. The van der Waals surface area contributed by atoms with Crippen LogP contribution in [0.1, 0.15) is 24.8 Å². The molecule has 0 amide bonds. The van der Waals surface area contributed by atoms with Gasteiger partial charge in [0.1, 0.15) is 18.1 Å². The number of ether oxygens (including phenoxy) is 3. The molecule has 3 nitrogen and oxygen atoms in total. The van der Waals surface area contributed by atoms with E-state index in [-0.39, 0.29) is 6.29 Å². The first-order valence-electron chi connectivity index (χ1n) is 11.9. The summed E-state index contributed by atoms with van der Waals surface area (Å²) in [5.74, 6) is 1.73. The summed E-state index contributed by atoms with van der Waals surface area (Å²) in [6.07, 6.45) is 3.13. The van der Waals surface area contributed by atoms with Crippen molar-refractivity contribution in [2.45, 2.75) is 46.8 Å². The first-order chi connectivity index (χ1) is 16.8. The van der Waals surface area contributed by atoms with Crippen LogP contribution in [0.25, 0.3) is 11.1 Å². The van der Waals surface area contributed by atoms with Crippen LogP contribution in [-0.4, -0.2) is 12.9 Å². The Hall–Kier alpha value is -3.21. The maximum Gasteiger partial charge on any atom is 0.199 e. The zero-order valence-electron chi connectivity index (χ0n) is 19.0. The third-order valence-electron chi connectivity index (χ3n) is 6.41. The molecule has 34 heavy (non-hydrogen) atoms. The van der Waals surface area contributed by atoms with Gasteiger partial charge in [-0.15, -0.1) is 0 Å². The monoisotopic (exact) mass is 468 g/mol. The Bertz CT molecular complexity index is 1220. The topological polar surface area (TPSA) is 27.7 Å². The minimum atomic E-state index is -0.529. The molecule has 0 radical (unpaired) electrons. The molecule has 0 saturated carbocycles. The fraction of sp³-hybridized carbons (Fsp3) is 0.200. The lowest BCUT2D eigenvalue weighted by atomic mass is 10.1. The summed E-state index contributed by atoms with van der Waals surface area (Å²) in [5, 5.41) is 0. The first kappa shape index (κ1) is 21.3. The van der Waals surface area contributed by atoms with Gasteiger partial charge >= 0.3 is 0 Å². The molecule has 1 fully saturated rings. The van der Waals surface area contributed by atoms with Crippen LogP contribution in [0.4, 0.5) is 0 Å². The Balaban J connectivity index is 1.12. The van der Waals surface area contributed by atoms with Gasteiger partial charge in [0.2, 0.25) is 0 Å². The smallest absolute Gasteiger partial charge is 0.199 e. The average Bonchev–Trinajstić information content (AvgIpc) is 3.24. The number of benzene rings is 4. The Morgan fingerprint density at radius 1 is 0.706 bits per heavy atom. The van der Waals surface area contributed by atoms with Crippen LogP contribution in [0.3, 0.4) is 0 Å². The number of hydrogen-bond donors (Lipinski definition) is 1. The minimum absolute atomic E-state index is 0.116. The van der Waals surface area contributed by atoms with E-state index in [9.17, 15) is 0 Å². The Labute approximate surface area is 203 Å². The van der Waals surface area contributed by atoms with E-state index in [1.807, 2.05) is 12.1 Å². The Morgan fingerprint density at radius 2 is 1.35 bits per heavy atom. The van der Waals surface area contributed by atoms with E-state index in [2.05, 4.69) is 84.9 Å². The molecule has 2 aliphatic heterocycles. The largest absolute Gasteiger partial charge is 0.489 e. The molecule has 1 atom stereocenters. The molecule has 0 spiro atoms. The van der Waals surface area contributed by atoms with Gasteiger partial charge in [0.25, 0.3) is 0 Å². The Morgan fingerprint density at radius 3 is 2.00 bits per heavy atom. The second-order valence-corrected chi connectivity index (χ2v) is 10.9. The first-order valence-corrected chi connectivity index (χ1v) is 13.3. The molecule has 4 heteroatoms. The molecule has 2 aliphatic rings. The molecule has 2 heterocycles. The molecular weight excluding hydrogens is 440 g/mol. The zero-order chi connectivity index (χ0) is 22.7. The van der Waals surface area contributed by atoms with Gasteiger partial charge in [-0.25, -0.2) is 0 Å². The van der Waals surface area contributed by atoms with E-state index >= 15 is 0 Å². The molecule has 4 aromatic carbocycles. The molecule has 1 unspecified atom stereocenters. The predicted octanol–water partition coefficient (Wildman–Crippen LogP) is 7.63. The van der Waals surface area contributed by atoms with Crippen LogP contribution >= 0.6 is 10.9 Å². The van der Waals surface area contributed by atoms with E-state index in [0.717, 1.165) is 42.9 Å². The van der Waals surface area contributed by atoms with Gasteiger partial charge in [0, 0.05) is 16.2 Å². The highest BCUT2D eigenvalue weighted by atomic mass is 32.2. The second-order valence-electron chi connectivity index (χ2n) is 8.71. The van der Waals surface area contributed by atoms with Crippen molar-refractivity contribution in [2.24, 2.45) is 0 Å². The van der Waals surface area contributed by atoms with Gasteiger partial charge < -0.3 is 14.2 Å². The van der Waals surface area contributed by atoms with Crippen molar-refractivity contribution in [2.75, 3.05) is 6.61 Å². The van der Waals surface area contributed by atoms with E-state index in [0.29, 0.717) is 6.61 Å². The zero-order valence-corrected chi connectivity index (χ0v) is 19.9. The second kappa shape index (κ2) is 9.57. The normalized spacial score (nSPS) is 17.6. The lowest BCUT2D eigenvalue weighted by molar-refractivity contribution is -0.105. The maximum absolute atomic E-state index is 6.08. The third-order valence-corrected chi connectivity index (χ3v) is 8.97. The maximum atomic E-state index is 6.08. The third kappa shape index (κ3) is 4.31. The predicted molar refractivity (Wildman–Crippen MR) is 137 cm³/mol. The highest BCUT2D eigenvalue weighted by Gasteiger charge is 2.26. The van der Waals surface area contributed by atoms with Crippen molar-refractivity contribution in [1.82, 2.24) is 0 Å². The number of thiol groups is 1. The number of fused-ring (bicyclic) bond motifs is 3. The van der Waals surface area contributed by atoms with Crippen LogP contribution in [-0.2, 0) is 11.3 Å². The van der Waals surface area contributed by atoms with Crippen LogP contribution in [0, 0.1) is 0 Å². The van der Waals surface area contributed by atoms with Crippen molar-refractivity contribution in [1.29, 1.82) is 0 Å². The molecule has 0 aliphatic carbocycles. The molecule has 172 valence electrons. The minimum Gasteiger partial charge on any atom is -0.489 e. The van der Waals surface area contributed by atoms with Gasteiger partial charge in [-0.3, -0.25) is 0 Å². The van der Waals surface area contributed by atoms with Gasteiger partial charge in [0.15, 0.2) is 6.29 Å². The van der Waals surface area contributed by atoms with Crippen molar-refractivity contribution < 1.29 is 14.2 Å². The van der Waals surface area contributed by atoms with Crippen molar-refractivity contribution in [3.63, 3.8) is 0 Å². The molecule has 0 N–H and O–H groups in total. The van der Waals surface area contributed by atoms with Crippen molar-refractivity contribution in [3.05, 3.63) is 103 Å². The average molecular weight is 469 g/mol. The van der Waals surface area contributed by atoms with Crippen LogP contribution in [0.2, 0.25) is 0 Å². The fourth-order valence-corrected chi connectivity index (χ4v) is 7.28. The van der Waals surface area contributed by atoms with Gasteiger partial charge in [-0.2, -0.15) is 10.9 Å². The van der Waals surface area contributed by atoms with E-state index in [1.54, 1.807) is 0 Å². The molecule has 4 aromatic rings. The Kier molecular flexibility index (Phi) is 6.01. The molecule has 0 bridgehead atoms. The summed E-state index contributed by atoms with van der Waals surface area (Å²) in [6, 6.07) is 34.4. The van der Waals surface area contributed by atoms with E-state index in [1.165, 1.54) is 25.8 Å². The summed E-state index contributed by atoms with van der Waals surface area (Å²) in [5.41, 5.74) is 3.85. The van der Waals surface area contributed by atoms with Crippen molar-refractivity contribution >= 4 is 10.9 Å². The standard InChI is InChI=1S/C30H28O3S/c1-3-9-28-26(7-1)27-8-2-4-10-29(27)34(28)25-18-16-23(17-19-25)32-21-22-12-14-24(15-13-22)33-30-11-5-6-20-31-30/h1-4,7-10,12-19,30,34H,5-6,11,20-21H2. The molecular formula is C30H28O3S. The lowest BCUT2D eigenvalue weighted by Crippen LogP contribution is -2.24. The van der Waals surface area contributed by atoms with Gasteiger partial charge in [-0.05, 0) is 83.0 Å².